The number of methoxy groups -OCH3 is 1. The zero-order chi connectivity index (χ0) is 33.7. The number of Topliss-reactive ketones (excluding diaryl/α,β-unsaturated/α-hetero) is 1. The molecular weight excluding hydrogens is 641 g/mol. The highest BCUT2D eigenvalue weighted by Crippen LogP contribution is 2.37. The molecule has 0 atom stereocenters. The van der Waals surface area contributed by atoms with Crippen LogP contribution in [0.1, 0.15) is 60.4 Å². The molecule has 0 saturated carbocycles. The second-order valence-corrected chi connectivity index (χ2v) is 13.5. The number of piperidine rings is 2. The summed E-state index contributed by atoms with van der Waals surface area (Å²) < 4.78 is 23.3. The first-order valence-electron chi connectivity index (χ1n) is 17.6. The predicted molar refractivity (Wildman–Crippen MR) is 193 cm³/mol. The summed E-state index contributed by atoms with van der Waals surface area (Å²) in [6.45, 7) is 9.64. The molecule has 7 rings (SSSR count). The third-order valence-corrected chi connectivity index (χ3v) is 10.0. The zero-order valence-electron chi connectivity index (χ0n) is 28.5. The molecule has 3 fully saturated rings. The minimum atomic E-state index is -0.0271. The molecule has 262 valence electrons. The second kappa shape index (κ2) is 18.2. The van der Waals surface area contributed by atoms with E-state index >= 15 is 0 Å². The summed E-state index contributed by atoms with van der Waals surface area (Å²) in [7, 11) is 1.63. The molecule has 0 radical (unpaired) electrons. The van der Waals surface area contributed by atoms with E-state index in [4.69, 9.17) is 18.9 Å². The topological polar surface area (TPSA) is 111 Å². The largest absolute Gasteiger partial charge is 0.493 e. The average molecular weight is 689 g/mol. The number of hydrogen-bond acceptors (Lipinski definition) is 12. The first-order valence-corrected chi connectivity index (χ1v) is 18.4. The van der Waals surface area contributed by atoms with Crippen molar-refractivity contribution in [3.8, 4) is 23.0 Å². The van der Waals surface area contributed by atoms with Gasteiger partial charge in [0, 0.05) is 56.1 Å². The maximum Gasteiger partial charge on any atom is 0.197 e. The van der Waals surface area contributed by atoms with Gasteiger partial charge in [0.2, 0.25) is 0 Å². The van der Waals surface area contributed by atoms with Crippen molar-refractivity contribution in [1.82, 2.24) is 25.2 Å². The van der Waals surface area contributed by atoms with Crippen molar-refractivity contribution in [2.45, 2.75) is 51.4 Å². The molecule has 11 nitrogen and oxygen atoms in total. The van der Waals surface area contributed by atoms with Crippen LogP contribution in [0.5, 0.6) is 23.0 Å². The molecule has 1 aromatic carbocycles. The summed E-state index contributed by atoms with van der Waals surface area (Å²) in [6.07, 6.45) is 14.1. The van der Waals surface area contributed by atoms with Crippen molar-refractivity contribution in [2.24, 2.45) is 0 Å². The van der Waals surface area contributed by atoms with Gasteiger partial charge in [-0.1, -0.05) is 17.8 Å². The Morgan fingerprint density at radius 1 is 0.898 bits per heavy atom. The molecule has 12 heteroatoms. The molecule has 0 unspecified atom stereocenters. The number of nitrogens with zero attached hydrogens (tertiary/aromatic N) is 5. The number of rotatable bonds is 12. The number of anilines is 1. The van der Waals surface area contributed by atoms with E-state index in [0.29, 0.717) is 40.3 Å². The number of carbonyl (C=O) groups is 1. The van der Waals surface area contributed by atoms with E-state index in [2.05, 4.69) is 30.1 Å². The van der Waals surface area contributed by atoms with Crippen molar-refractivity contribution in [2.75, 3.05) is 77.6 Å². The van der Waals surface area contributed by atoms with E-state index in [9.17, 15) is 4.79 Å². The molecule has 4 aromatic rings. The first kappa shape index (κ1) is 35.0. The highest BCUT2D eigenvalue weighted by molar-refractivity contribution is 7.17. The Labute approximate surface area is 292 Å². The van der Waals surface area contributed by atoms with Crippen molar-refractivity contribution in [3.05, 3.63) is 59.6 Å². The number of ether oxygens (including phenoxy) is 4. The third kappa shape index (κ3) is 10.1. The van der Waals surface area contributed by atoms with Gasteiger partial charge in [-0.05, 0) is 75.9 Å². The van der Waals surface area contributed by atoms with Crippen LogP contribution in [0.25, 0.3) is 10.9 Å². The summed E-state index contributed by atoms with van der Waals surface area (Å²) in [4.78, 5) is 31.0. The summed E-state index contributed by atoms with van der Waals surface area (Å²) in [5.41, 5.74) is 1.41. The molecule has 0 amide bonds. The van der Waals surface area contributed by atoms with Gasteiger partial charge in [0.05, 0.1) is 51.3 Å². The number of aromatic nitrogens is 3. The number of nitrogens with one attached hydrogen (secondary N) is 1. The van der Waals surface area contributed by atoms with Crippen LogP contribution in [-0.4, -0.2) is 98.4 Å². The summed E-state index contributed by atoms with van der Waals surface area (Å²) >= 11 is 1.47. The molecular formula is C37H48N6O5S. The van der Waals surface area contributed by atoms with Crippen LogP contribution >= 0.6 is 11.3 Å². The smallest absolute Gasteiger partial charge is 0.197 e. The van der Waals surface area contributed by atoms with Crippen molar-refractivity contribution in [1.29, 1.82) is 0 Å². The number of ketones is 1. The molecule has 0 spiro atoms. The van der Waals surface area contributed by atoms with Crippen molar-refractivity contribution in [3.63, 3.8) is 0 Å². The zero-order valence-corrected chi connectivity index (χ0v) is 29.3. The lowest BCUT2D eigenvalue weighted by Crippen LogP contribution is -2.37. The number of carbonyl (C=O) groups excluding carboxylic acids is 1. The van der Waals surface area contributed by atoms with E-state index in [1.807, 2.05) is 36.5 Å². The number of thiazole rings is 1. The average Bonchev–Trinajstić information content (AvgIpc) is 3.67. The molecule has 3 aliphatic heterocycles. The molecule has 3 aliphatic rings. The summed E-state index contributed by atoms with van der Waals surface area (Å²) in [6, 6.07) is 9.23. The molecule has 0 bridgehead atoms. The fourth-order valence-electron chi connectivity index (χ4n) is 6.18. The summed E-state index contributed by atoms with van der Waals surface area (Å²) in [5.74, 6) is 2.43. The third-order valence-electron chi connectivity index (χ3n) is 8.94. The molecule has 1 N–H and O–H groups in total. The van der Waals surface area contributed by atoms with Gasteiger partial charge in [-0.2, -0.15) is 0 Å². The lowest BCUT2D eigenvalue weighted by molar-refractivity contribution is 0.0357. The molecule has 3 aromatic heterocycles. The Balaban J connectivity index is 0.000000628. The Morgan fingerprint density at radius 3 is 2.43 bits per heavy atom. The fourth-order valence-corrected chi connectivity index (χ4v) is 7.09. The Hall–Kier alpha value is -3.84. The maximum absolute atomic E-state index is 12.9. The van der Waals surface area contributed by atoms with Crippen LogP contribution in [0.3, 0.4) is 0 Å². The van der Waals surface area contributed by atoms with Crippen LogP contribution in [0.2, 0.25) is 0 Å². The quantitative estimate of drug-likeness (QED) is 0.136. The Morgan fingerprint density at radius 2 is 1.71 bits per heavy atom. The number of pyridine rings is 2. The van der Waals surface area contributed by atoms with Gasteiger partial charge in [-0.15, -0.1) is 0 Å². The van der Waals surface area contributed by atoms with E-state index in [1.54, 1.807) is 19.5 Å². The van der Waals surface area contributed by atoms with Crippen LogP contribution in [0.4, 0.5) is 5.00 Å². The van der Waals surface area contributed by atoms with Crippen molar-refractivity contribution < 1.29 is 23.7 Å². The van der Waals surface area contributed by atoms with Gasteiger partial charge in [0.15, 0.2) is 22.3 Å². The normalized spacial score (nSPS) is 16.9. The van der Waals surface area contributed by atoms with Gasteiger partial charge in [0.25, 0.3) is 0 Å². The first-order chi connectivity index (χ1) is 24.2. The van der Waals surface area contributed by atoms with Gasteiger partial charge >= 0.3 is 0 Å². The number of hydrogen-bond donors (Lipinski definition) is 1. The molecule has 6 heterocycles. The van der Waals surface area contributed by atoms with Crippen LogP contribution in [-0.2, 0) is 11.2 Å². The predicted octanol–water partition coefficient (Wildman–Crippen LogP) is 6.16. The second-order valence-electron chi connectivity index (χ2n) is 12.5. The van der Waals surface area contributed by atoms with E-state index < -0.39 is 0 Å². The number of morpholine rings is 1. The summed E-state index contributed by atoms with van der Waals surface area (Å²) in [5, 5.41) is 5.68. The van der Waals surface area contributed by atoms with Gasteiger partial charge in [0.1, 0.15) is 16.5 Å². The number of fused-ring (bicyclic) bond motifs is 1. The molecule has 0 aliphatic carbocycles. The van der Waals surface area contributed by atoms with Gasteiger partial charge in [-0.3, -0.25) is 19.7 Å². The molecule has 3 saturated heterocycles. The maximum atomic E-state index is 12.9. The van der Waals surface area contributed by atoms with Gasteiger partial charge in [-0.25, -0.2) is 4.98 Å². The highest BCUT2D eigenvalue weighted by Gasteiger charge is 2.18. The lowest BCUT2D eigenvalue weighted by Gasteiger charge is -2.26. The van der Waals surface area contributed by atoms with E-state index in [0.717, 1.165) is 68.3 Å². The van der Waals surface area contributed by atoms with E-state index in [1.165, 1.54) is 63.0 Å². The Kier molecular flexibility index (Phi) is 13.0. The van der Waals surface area contributed by atoms with Crippen LogP contribution < -0.4 is 24.4 Å². The Bertz CT molecular complexity index is 1610. The van der Waals surface area contributed by atoms with Crippen LogP contribution in [0, 0.1) is 0 Å². The van der Waals surface area contributed by atoms with Crippen LogP contribution in [0.15, 0.2) is 48.9 Å². The SMILES string of the molecule is C1CCNCC1.COc1cc2c(Oc3ccc(CC(=O)c4ncc(N5CCCCC5)s4)nc3)ccnc2cc1OCCCN1CCOCC1. The van der Waals surface area contributed by atoms with Gasteiger partial charge < -0.3 is 29.2 Å². The lowest BCUT2D eigenvalue weighted by atomic mass is 10.1. The van der Waals surface area contributed by atoms with Crippen molar-refractivity contribution >= 4 is 33.0 Å². The standard InChI is InChI=1S/C32H37N5O5S.C5H11N/c1-39-29-19-25-26(20-30(29)41-15-5-10-36-13-16-40-17-14-36)33-9-8-28(25)42-24-7-6-23(34-21-24)18-27(38)32-35-22-31(43-32)37-11-3-2-4-12-37;1-2-4-6-5-3-1/h6-9,19-22H,2-5,10-18H2,1H3;6H,1-5H2. The highest BCUT2D eigenvalue weighted by atomic mass is 32.1. The minimum Gasteiger partial charge on any atom is -0.493 e. The molecule has 49 heavy (non-hydrogen) atoms. The number of benzene rings is 1. The minimum absolute atomic E-state index is 0.0271. The monoisotopic (exact) mass is 688 g/mol. The fraction of sp³-hybridized carbons (Fsp3) is 0.514. The van der Waals surface area contributed by atoms with E-state index in [-0.39, 0.29) is 12.2 Å².